The van der Waals surface area contributed by atoms with Crippen LogP contribution in [-0.2, 0) is 9.84 Å². The summed E-state index contributed by atoms with van der Waals surface area (Å²) in [5, 5.41) is 3.81. The van der Waals surface area contributed by atoms with E-state index in [4.69, 9.17) is 21.9 Å². The third-order valence-electron chi connectivity index (χ3n) is 3.74. The Labute approximate surface area is 128 Å². The van der Waals surface area contributed by atoms with E-state index >= 15 is 0 Å². The summed E-state index contributed by atoms with van der Waals surface area (Å²) in [5.74, 6) is 0.299. The highest BCUT2D eigenvalue weighted by Gasteiger charge is 2.35. The molecule has 1 saturated heterocycles. The van der Waals surface area contributed by atoms with Gasteiger partial charge in [-0.25, -0.2) is 8.42 Å². The summed E-state index contributed by atoms with van der Waals surface area (Å²) in [7, 11) is -3.21. The quantitative estimate of drug-likeness (QED) is 0.915. The van der Waals surface area contributed by atoms with Crippen LogP contribution in [0.25, 0.3) is 11.1 Å². The van der Waals surface area contributed by atoms with Gasteiger partial charge in [-0.05, 0) is 30.5 Å². The number of anilines is 1. The predicted molar refractivity (Wildman–Crippen MR) is 81.7 cm³/mol. The van der Waals surface area contributed by atoms with Crippen LogP contribution in [0.5, 0.6) is 0 Å². The van der Waals surface area contributed by atoms with Crippen LogP contribution in [0.4, 0.5) is 5.88 Å². The Morgan fingerprint density at radius 1 is 1.33 bits per heavy atom. The second-order valence-corrected chi connectivity index (χ2v) is 7.91. The molecular weight excluding hydrogens is 312 g/mol. The third kappa shape index (κ3) is 2.65. The Hall–Kier alpha value is -1.53. The fourth-order valence-corrected chi connectivity index (χ4v) is 4.84. The van der Waals surface area contributed by atoms with Crippen molar-refractivity contribution in [3.63, 3.8) is 0 Å². The number of nitrogens with zero attached hydrogens (tertiary/aromatic N) is 1. The number of nitrogens with two attached hydrogens (primary N) is 1. The van der Waals surface area contributed by atoms with Gasteiger partial charge in [0.25, 0.3) is 0 Å². The lowest BCUT2D eigenvalue weighted by Crippen LogP contribution is -2.22. The topological polar surface area (TPSA) is 86.2 Å². The van der Waals surface area contributed by atoms with E-state index in [0.29, 0.717) is 29.1 Å². The molecule has 21 heavy (non-hydrogen) atoms. The van der Waals surface area contributed by atoms with E-state index in [9.17, 15) is 8.42 Å². The average molecular weight is 327 g/mol. The number of benzene rings is 1. The number of nitrogen functional groups attached to an aromatic ring is 1. The molecule has 0 saturated carbocycles. The van der Waals surface area contributed by atoms with Gasteiger partial charge >= 0.3 is 0 Å². The van der Waals surface area contributed by atoms with Crippen LogP contribution >= 0.6 is 11.6 Å². The molecule has 7 heteroatoms. The van der Waals surface area contributed by atoms with Crippen molar-refractivity contribution in [2.24, 2.45) is 0 Å². The molecule has 0 amide bonds. The van der Waals surface area contributed by atoms with E-state index in [-0.39, 0.29) is 11.6 Å². The molecule has 1 aromatic carbocycles. The number of aromatic nitrogens is 1. The van der Waals surface area contributed by atoms with Crippen molar-refractivity contribution in [2.45, 2.75) is 24.5 Å². The van der Waals surface area contributed by atoms with Crippen molar-refractivity contribution in [1.82, 2.24) is 5.16 Å². The molecular formula is C14H15ClN2O3S. The van der Waals surface area contributed by atoms with Gasteiger partial charge in [-0.2, -0.15) is 0 Å². The van der Waals surface area contributed by atoms with E-state index in [0.717, 1.165) is 12.0 Å². The van der Waals surface area contributed by atoms with E-state index in [1.807, 2.05) is 6.07 Å². The summed E-state index contributed by atoms with van der Waals surface area (Å²) in [6, 6.07) is 7.06. The minimum Gasteiger partial charge on any atom is -0.367 e. The van der Waals surface area contributed by atoms with Crippen LogP contribution in [0.1, 0.15) is 30.2 Å². The first-order valence-electron chi connectivity index (χ1n) is 6.71. The molecule has 0 radical (unpaired) electrons. The van der Waals surface area contributed by atoms with Crippen LogP contribution < -0.4 is 5.73 Å². The number of hydrogen-bond acceptors (Lipinski definition) is 5. The average Bonchev–Trinajstić information content (AvgIpc) is 2.80. The Bertz CT molecular complexity index is 770. The number of halogens is 1. The first kappa shape index (κ1) is 14.4. The Balaban J connectivity index is 2.13. The van der Waals surface area contributed by atoms with Gasteiger partial charge in [0, 0.05) is 5.02 Å². The van der Waals surface area contributed by atoms with Crippen molar-refractivity contribution < 1.29 is 12.9 Å². The molecule has 0 aliphatic carbocycles. The van der Waals surface area contributed by atoms with Crippen LogP contribution in [0.3, 0.4) is 0 Å². The zero-order valence-corrected chi connectivity index (χ0v) is 12.8. The lowest BCUT2D eigenvalue weighted by atomic mass is 10.0. The monoisotopic (exact) mass is 326 g/mol. The highest BCUT2D eigenvalue weighted by atomic mass is 35.5. The highest BCUT2D eigenvalue weighted by Crippen LogP contribution is 2.41. The molecule has 1 aliphatic rings. The summed E-state index contributed by atoms with van der Waals surface area (Å²) in [5.41, 5.74) is 7.50. The molecule has 2 N–H and O–H groups in total. The van der Waals surface area contributed by atoms with Crippen molar-refractivity contribution >= 4 is 27.3 Å². The normalized spacial score (nSPS) is 21.3. The van der Waals surface area contributed by atoms with Crippen LogP contribution in [0, 0.1) is 0 Å². The standard InChI is InChI=1S/C14H15ClN2O3S/c15-10-5-3-4-9(8-10)12-13(17-20-14(12)16)11-6-1-2-7-21(11,18)19/h3-5,8,11H,1-2,6-7,16H2. The van der Waals surface area contributed by atoms with Gasteiger partial charge in [0.05, 0.1) is 11.3 Å². The van der Waals surface area contributed by atoms with Crippen molar-refractivity contribution in [3.05, 3.63) is 35.0 Å². The first-order valence-corrected chi connectivity index (χ1v) is 8.81. The molecule has 1 atom stereocenters. The van der Waals surface area contributed by atoms with Gasteiger partial charge in [0.1, 0.15) is 10.9 Å². The van der Waals surface area contributed by atoms with Crippen LogP contribution in [0.2, 0.25) is 5.02 Å². The molecule has 3 rings (SSSR count). The maximum absolute atomic E-state index is 12.3. The molecule has 0 spiro atoms. The maximum atomic E-state index is 12.3. The largest absolute Gasteiger partial charge is 0.367 e. The molecule has 2 aromatic rings. The van der Waals surface area contributed by atoms with Crippen molar-refractivity contribution in [1.29, 1.82) is 0 Å². The number of hydrogen-bond donors (Lipinski definition) is 1. The summed E-state index contributed by atoms with van der Waals surface area (Å²) >= 11 is 6.00. The predicted octanol–water partition coefficient (Wildman–Crippen LogP) is 3.22. The van der Waals surface area contributed by atoms with Gasteiger partial charge < -0.3 is 10.3 Å². The second-order valence-electron chi connectivity index (χ2n) is 5.17. The summed E-state index contributed by atoms with van der Waals surface area (Å²) in [4.78, 5) is 0. The molecule has 112 valence electrons. The highest BCUT2D eigenvalue weighted by molar-refractivity contribution is 7.91. The minimum atomic E-state index is -3.21. The minimum absolute atomic E-state index is 0.119. The third-order valence-corrected chi connectivity index (χ3v) is 6.16. The second kappa shape index (κ2) is 5.35. The van der Waals surface area contributed by atoms with Gasteiger partial charge in [-0.1, -0.05) is 35.3 Å². The molecule has 1 unspecified atom stereocenters. The van der Waals surface area contributed by atoms with Crippen LogP contribution in [0.15, 0.2) is 28.8 Å². The smallest absolute Gasteiger partial charge is 0.230 e. The Kier molecular flexibility index (Phi) is 3.67. The number of sulfone groups is 1. The Morgan fingerprint density at radius 2 is 2.14 bits per heavy atom. The molecule has 0 bridgehead atoms. The van der Waals surface area contributed by atoms with E-state index in [2.05, 4.69) is 5.16 Å². The van der Waals surface area contributed by atoms with E-state index in [1.165, 1.54) is 0 Å². The first-order chi connectivity index (χ1) is 9.99. The zero-order chi connectivity index (χ0) is 15.0. The summed E-state index contributed by atoms with van der Waals surface area (Å²) in [6.07, 6.45) is 2.09. The van der Waals surface area contributed by atoms with Gasteiger partial charge in [0.2, 0.25) is 5.88 Å². The molecule has 5 nitrogen and oxygen atoms in total. The maximum Gasteiger partial charge on any atom is 0.230 e. The fourth-order valence-electron chi connectivity index (χ4n) is 2.73. The van der Waals surface area contributed by atoms with E-state index < -0.39 is 15.1 Å². The zero-order valence-electron chi connectivity index (χ0n) is 11.3. The lowest BCUT2D eigenvalue weighted by Gasteiger charge is -2.21. The molecule has 1 aromatic heterocycles. The lowest BCUT2D eigenvalue weighted by molar-refractivity contribution is 0.421. The van der Waals surface area contributed by atoms with Crippen molar-refractivity contribution in [2.75, 3.05) is 11.5 Å². The van der Waals surface area contributed by atoms with Gasteiger partial charge in [-0.3, -0.25) is 0 Å². The fraction of sp³-hybridized carbons (Fsp3) is 0.357. The van der Waals surface area contributed by atoms with Crippen LogP contribution in [-0.4, -0.2) is 19.3 Å². The molecule has 1 fully saturated rings. The SMILES string of the molecule is Nc1onc(C2CCCCS2(=O)=O)c1-c1cccc(Cl)c1. The van der Waals surface area contributed by atoms with Crippen molar-refractivity contribution in [3.8, 4) is 11.1 Å². The summed E-state index contributed by atoms with van der Waals surface area (Å²) in [6.45, 7) is 0. The molecule has 2 heterocycles. The Morgan fingerprint density at radius 3 is 2.86 bits per heavy atom. The van der Waals surface area contributed by atoms with Gasteiger partial charge in [-0.15, -0.1) is 0 Å². The number of rotatable bonds is 2. The van der Waals surface area contributed by atoms with E-state index in [1.54, 1.807) is 18.2 Å². The summed E-state index contributed by atoms with van der Waals surface area (Å²) < 4.78 is 29.6. The molecule has 1 aliphatic heterocycles. The van der Waals surface area contributed by atoms with Gasteiger partial charge in [0.15, 0.2) is 9.84 Å².